The van der Waals surface area contributed by atoms with E-state index in [1.54, 1.807) is 24.4 Å². The van der Waals surface area contributed by atoms with Crippen molar-refractivity contribution in [1.29, 1.82) is 0 Å². The minimum Gasteiger partial charge on any atom is -0.322 e. The maximum atomic E-state index is 12.5. The summed E-state index contributed by atoms with van der Waals surface area (Å²) >= 11 is 0. The fourth-order valence-electron chi connectivity index (χ4n) is 2.72. The molecule has 2 aromatic carbocycles. The van der Waals surface area contributed by atoms with Gasteiger partial charge in [-0.25, -0.2) is 18.1 Å². The number of carbonyl (C=O) groups is 1. The van der Waals surface area contributed by atoms with Crippen molar-refractivity contribution in [1.82, 2.24) is 9.71 Å². The largest absolute Gasteiger partial charge is 0.322 e. The standard InChI is InChI=1S/C23H19N3O3S/c27-23(18-8-13-22(14-9-18)30(28,29)26-20-11-12-20)25-21-6-3-4-17(16-21)7-10-19-5-1-2-15-24-19/h1-6,8-9,13-16,20,26H,11-12H2,(H,25,27). The minimum atomic E-state index is -3.54. The van der Waals surface area contributed by atoms with Gasteiger partial charge in [0.15, 0.2) is 0 Å². The number of sulfonamides is 1. The molecule has 3 aromatic rings. The van der Waals surface area contributed by atoms with Crippen LogP contribution in [0.5, 0.6) is 0 Å². The monoisotopic (exact) mass is 417 g/mol. The fraction of sp³-hybridized carbons (Fsp3) is 0.130. The van der Waals surface area contributed by atoms with Gasteiger partial charge in [-0.2, -0.15) is 0 Å². The van der Waals surface area contributed by atoms with Crippen LogP contribution < -0.4 is 10.0 Å². The molecule has 30 heavy (non-hydrogen) atoms. The smallest absolute Gasteiger partial charge is 0.255 e. The quantitative estimate of drug-likeness (QED) is 0.624. The first kappa shape index (κ1) is 19.8. The third-order valence-electron chi connectivity index (χ3n) is 4.45. The van der Waals surface area contributed by atoms with E-state index in [4.69, 9.17) is 0 Å². The van der Waals surface area contributed by atoms with E-state index in [0.717, 1.165) is 18.4 Å². The van der Waals surface area contributed by atoms with E-state index in [-0.39, 0.29) is 16.8 Å². The summed E-state index contributed by atoms with van der Waals surface area (Å²) in [6, 6.07) is 18.6. The molecule has 6 nitrogen and oxygen atoms in total. The molecule has 1 aromatic heterocycles. The number of hydrogen-bond acceptors (Lipinski definition) is 4. The second-order valence-electron chi connectivity index (χ2n) is 6.92. The second-order valence-corrected chi connectivity index (χ2v) is 8.63. The van der Waals surface area contributed by atoms with Gasteiger partial charge in [0.25, 0.3) is 5.91 Å². The van der Waals surface area contributed by atoms with E-state index >= 15 is 0 Å². The molecule has 1 saturated carbocycles. The van der Waals surface area contributed by atoms with E-state index in [2.05, 4.69) is 26.9 Å². The molecule has 0 saturated heterocycles. The molecule has 2 N–H and O–H groups in total. The normalized spacial score (nSPS) is 13.2. The lowest BCUT2D eigenvalue weighted by atomic mass is 10.1. The van der Waals surface area contributed by atoms with Crippen LogP contribution in [0.1, 0.15) is 34.5 Å². The van der Waals surface area contributed by atoms with E-state index in [9.17, 15) is 13.2 Å². The number of pyridine rings is 1. The Morgan fingerprint density at radius 2 is 1.77 bits per heavy atom. The topological polar surface area (TPSA) is 88.2 Å². The van der Waals surface area contributed by atoms with Gasteiger partial charge in [-0.05, 0) is 73.4 Å². The molecule has 0 spiro atoms. The first-order valence-corrected chi connectivity index (χ1v) is 10.9. The van der Waals surface area contributed by atoms with E-state index in [1.807, 2.05) is 24.3 Å². The highest BCUT2D eigenvalue weighted by Gasteiger charge is 2.27. The predicted octanol–water partition coefficient (Wildman–Crippen LogP) is 3.17. The summed E-state index contributed by atoms with van der Waals surface area (Å²) in [7, 11) is -3.54. The van der Waals surface area contributed by atoms with Crippen molar-refractivity contribution in [2.75, 3.05) is 5.32 Å². The zero-order valence-electron chi connectivity index (χ0n) is 16.0. The van der Waals surface area contributed by atoms with Crippen LogP contribution in [0.4, 0.5) is 5.69 Å². The van der Waals surface area contributed by atoms with Gasteiger partial charge in [-0.15, -0.1) is 0 Å². The molecule has 1 aliphatic rings. The highest BCUT2D eigenvalue weighted by atomic mass is 32.2. The Bertz CT molecular complexity index is 1220. The minimum absolute atomic E-state index is 0.0334. The average Bonchev–Trinajstić information content (AvgIpc) is 3.57. The van der Waals surface area contributed by atoms with Crippen molar-refractivity contribution < 1.29 is 13.2 Å². The Morgan fingerprint density at radius 3 is 2.47 bits per heavy atom. The van der Waals surface area contributed by atoms with Gasteiger partial charge >= 0.3 is 0 Å². The van der Waals surface area contributed by atoms with Crippen molar-refractivity contribution >= 4 is 21.6 Å². The van der Waals surface area contributed by atoms with Gasteiger partial charge in [0, 0.05) is 29.1 Å². The van der Waals surface area contributed by atoms with Crippen LogP contribution in [0.3, 0.4) is 0 Å². The lowest BCUT2D eigenvalue weighted by Gasteiger charge is -2.08. The first-order valence-electron chi connectivity index (χ1n) is 9.46. The molecule has 0 atom stereocenters. The molecule has 150 valence electrons. The molecule has 0 bridgehead atoms. The summed E-state index contributed by atoms with van der Waals surface area (Å²) in [4.78, 5) is 16.8. The molecule has 1 aliphatic carbocycles. The van der Waals surface area contributed by atoms with Gasteiger partial charge in [0.1, 0.15) is 5.69 Å². The van der Waals surface area contributed by atoms with Crippen molar-refractivity contribution in [2.24, 2.45) is 0 Å². The number of benzene rings is 2. The van der Waals surface area contributed by atoms with Crippen LogP contribution in [0.2, 0.25) is 0 Å². The van der Waals surface area contributed by atoms with Gasteiger partial charge in [-0.1, -0.05) is 18.1 Å². The van der Waals surface area contributed by atoms with Crippen molar-refractivity contribution in [2.45, 2.75) is 23.8 Å². The van der Waals surface area contributed by atoms with Crippen LogP contribution in [-0.2, 0) is 10.0 Å². The highest BCUT2D eigenvalue weighted by Crippen LogP contribution is 2.22. The molecule has 4 rings (SSSR count). The number of nitrogens with one attached hydrogen (secondary N) is 2. The first-order chi connectivity index (χ1) is 14.5. The Labute approximate surface area is 175 Å². The Hall–Kier alpha value is -3.47. The van der Waals surface area contributed by atoms with Gasteiger partial charge in [0.2, 0.25) is 10.0 Å². The van der Waals surface area contributed by atoms with Crippen LogP contribution in [-0.4, -0.2) is 25.4 Å². The number of carbonyl (C=O) groups excluding carboxylic acids is 1. The fourth-order valence-corrected chi connectivity index (χ4v) is 4.03. The number of anilines is 1. The number of rotatable bonds is 5. The number of hydrogen-bond donors (Lipinski definition) is 2. The lowest BCUT2D eigenvalue weighted by molar-refractivity contribution is 0.102. The van der Waals surface area contributed by atoms with Crippen molar-refractivity contribution in [3.05, 3.63) is 89.7 Å². The van der Waals surface area contributed by atoms with Gasteiger partial charge < -0.3 is 5.32 Å². The van der Waals surface area contributed by atoms with E-state index in [0.29, 0.717) is 16.9 Å². The average molecular weight is 417 g/mol. The molecular formula is C23H19N3O3S. The molecule has 1 amide bonds. The maximum absolute atomic E-state index is 12.5. The van der Waals surface area contributed by atoms with Crippen LogP contribution in [0.15, 0.2) is 77.8 Å². The summed E-state index contributed by atoms with van der Waals surface area (Å²) in [6.07, 6.45) is 3.41. The Morgan fingerprint density at radius 1 is 0.967 bits per heavy atom. The Balaban J connectivity index is 1.44. The third-order valence-corrected chi connectivity index (χ3v) is 5.98. The summed E-state index contributed by atoms with van der Waals surface area (Å²) in [5.74, 6) is 5.67. The summed E-state index contributed by atoms with van der Waals surface area (Å²) in [5, 5.41) is 2.81. The highest BCUT2D eigenvalue weighted by molar-refractivity contribution is 7.89. The summed E-state index contributed by atoms with van der Waals surface area (Å²) < 4.78 is 27.1. The molecule has 1 fully saturated rings. The van der Waals surface area contributed by atoms with Gasteiger partial charge in [-0.3, -0.25) is 4.79 Å². The number of aromatic nitrogens is 1. The van der Waals surface area contributed by atoms with Crippen molar-refractivity contribution in [3.63, 3.8) is 0 Å². The van der Waals surface area contributed by atoms with Gasteiger partial charge in [0.05, 0.1) is 4.90 Å². The molecule has 0 aliphatic heterocycles. The van der Waals surface area contributed by atoms with Crippen LogP contribution in [0.25, 0.3) is 0 Å². The Kier molecular flexibility index (Phi) is 5.61. The third kappa shape index (κ3) is 5.11. The summed E-state index contributed by atoms with van der Waals surface area (Å²) in [6.45, 7) is 0. The molecular weight excluding hydrogens is 398 g/mol. The molecule has 1 heterocycles. The SMILES string of the molecule is O=C(Nc1cccc(C#Cc2ccccn2)c1)c1ccc(S(=O)(=O)NC2CC2)cc1. The number of nitrogens with zero attached hydrogens (tertiary/aromatic N) is 1. The molecule has 7 heteroatoms. The molecule has 0 unspecified atom stereocenters. The summed E-state index contributed by atoms with van der Waals surface area (Å²) in [5.41, 5.74) is 2.37. The predicted molar refractivity (Wildman–Crippen MR) is 114 cm³/mol. The second kappa shape index (κ2) is 8.49. The van der Waals surface area contributed by atoms with Crippen LogP contribution in [0, 0.1) is 11.8 Å². The van der Waals surface area contributed by atoms with Crippen LogP contribution >= 0.6 is 0 Å². The molecule has 0 radical (unpaired) electrons. The lowest BCUT2D eigenvalue weighted by Crippen LogP contribution is -2.25. The van der Waals surface area contributed by atoms with E-state index in [1.165, 1.54) is 24.3 Å². The van der Waals surface area contributed by atoms with Crippen molar-refractivity contribution in [3.8, 4) is 11.8 Å². The van der Waals surface area contributed by atoms with E-state index < -0.39 is 10.0 Å². The zero-order chi connectivity index (χ0) is 21.0. The zero-order valence-corrected chi connectivity index (χ0v) is 16.8. The maximum Gasteiger partial charge on any atom is 0.255 e. The number of amides is 1.